The van der Waals surface area contributed by atoms with Gasteiger partial charge < -0.3 is 14.8 Å². The van der Waals surface area contributed by atoms with E-state index < -0.39 is 5.25 Å². The Balaban J connectivity index is 1.52. The summed E-state index contributed by atoms with van der Waals surface area (Å²) in [5, 5.41) is 2.48. The normalized spacial score (nSPS) is 19.8. The summed E-state index contributed by atoms with van der Waals surface area (Å²) in [7, 11) is 1.62. The van der Waals surface area contributed by atoms with E-state index in [9.17, 15) is 14.0 Å². The molecule has 4 rings (SSSR count). The summed E-state index contributed by atoms with van der Waals surface area (Å²) in [6.07, 6.45) is 0.0500. The summed E-state index contributed by atoms with van der Waals surface area (Å²) in [4.78, 5) is 30.8. The van der Waals surface area contributed by atoms with Gasteiger partial charge in [0.15, 0.2) is 16.7 Å². The van der Waals surface area contributed by atoms with Crippen LogP contribution in [0.3, 0.4) is 0 Å². The monoisotopic (exact) mass is 401 g/mol. The van der Waals surface area contributed by atoms with E-state index in [0.717, 1.165) is 0 Å². The average Bonchev–Trinajstić information content (AvgIpc) is 3.15. The Morgan fingerprint density at radius 2 is 1.96 bits per heavy atom. The van der Waals surface area contributed by atoms with Gasteiger partial charge in [0.05, 0.1) is 5.69 Å². The number of anilines is 1. The summed E-state index contributed by atoms with van der Waals surface area (Å²) in [6.45, 7) is 0.161. The van der Waals surface area contributed by atoms with Crippen molar-refractivity contribution in [2.24, 2.45) is 4.99 Å². The van der Waals surface area contributed by atoms with Crippen LogP contribution < -0.4 is 14.8 Å². The van der Waals surface area contributed by atoms with Crippen LogP contribution in [-0.2, 0) is 9.59 Å². The van der Waals surface area contributed by atoms with Gasteiger partial charge in [-0.1, -0.05) is 11.8 Å². The molecule has 0 spiro atoms. The summed E-state index contributed by atoms with van der Waals surface area (Å²) in [5.74, 6) is 0.289. The van der Waals surface area contributed by atoms with E-state index >= 15 is 0 Å². The van der Waals surface area contributed by atoms with Gasteiger partial charge >= 0.3 is 0 Å². The molecule has 2 amide bonds. The molecule has 2 heterocycles. The number of benzene rings is 2. The van der Waals surface area contributed by atoms with Crippen molar-refractivity contribution in [2.45, 2.75) is 11.7 Å². The number of amides is 2. The van der Waals surface area contributed by atoms with Crippen LogP contribution in [0, 0.1) is 5.82 Å². The first kappa shape index (κ1) is 18.3. The molecule has 0 aromatic heterocycles. The van der Waals surface area contributed by atoms with Gasteiger partial charge in [-0.2, -0.15) is 0 Å². The van der Waals surface area contributed by atoms with Crippen molar-refractivity contribution in [3.8, 4) is 11.5 Å². The Labute approximate surface area is 164 Å². The zero-order valence-electron chi connectivity index (χ0n) is 14.8. The third-order valence-corrected chi connectivity index (χ3v) is 5.50. The lowest BCUT2D eigenvalue weighted by Crippen LogP contribution is -2.43. The lowest BCUT2D eigenvalue weighted by Gasteiger charge is -2.28. The molecule has 0 radical (unpaired) electrons. The minimum absolute atomic E-state index is 0.0500. The van der Waals surface area contributed by atoms with Crippen molar-refractivity contribution in [1.29, 1.82) is 0 Å². The van der Waals surface area contributed by atoms with E-state index in [1.807, 2.05) is 0 Å². The van der Waals surface area contributed by atoms with E-state index in [1.165, 1.54) is 40.9 Å². The Hall–Kier alpha value is -3.07. The highest BCUT2D eigenvalue weighted by Crippen LogP contribution is 2.36. The molecular weight excluding hydrogens is 385 g/mol. The van der Waals surface area contributed by atoms with Crippen LogP contribution in [0.2, 0.25) is 0 Å². The predicted molar refractivity (Wildman–Crippen MR) is 103 cm³/mol. The van der Waals surface area contributed by atoms with Crippen LogP contribution in [0.15, 0.2) is 47.5 Å². The molecule has 7 nitrogen and oxygen atoms in total. The summed E-state index contributed by atoms with van der Waals surface area (Å²) in [6, 6.07) is 10.7. The molecule has 1 saturated heterocycles. The summed E-state index contributed by atoms with van der Waals surface area (Å²) in [5.41, 5.74) is 1.05. The summed E-state index contributed by atoms with van der Waals surface area (Å²) >= 11 is 1.20. The van der Waals surface area contributed by atoms with E-state index in [0.29, 0.717) is 28.0 Å². The quantitative estimate of drug-likeness (QED) is 0.855. The van der Waals surface area contributed by atoms with Gasteiger partial charge in [0, 0.05) is 25.2 Å². The number of carbonyl (C=O) groups excluding carboxylic acids is 2. The third-order valence-electron chi connectivity index (χ3n) is 4.25. The SMILES string of the molecule is CN1C(=O)CC(C(=O)Nc2ccc(F)cc2)SC1=Nc1ccc2c(c1)OCO2. The largest absolute Gasteiger partial charge is 0.454 e. The average molecular weight is 401 g/mol. The van der Waals surface area contributed by atoms with E-state index in [1.54, 1.807) is 25.2 Å². The maximum atomic E-state index is 13.0. The molecule has 28 heavy (non-hydrogen) atoms. The fourth-order valence-electron chi connectivity index (χ4n) is 2.72. The van der Waals surface area contributed by atoms with Crippen LogP contribution in [0.4, 0.5) is 15.8 Å². The number of nitrogens with zero attached hydrogens (tertiary/aromatic N) is 2. The number of aliphatic imine (C=N–C) groups is 1. The van der Waals surface area contributed by atoms with Gasteiger partial charge in [-0.3, -0.25) is 14.5 Å². The molecular formula is C19H16FN3O4S. The van der Waals surface area contributed by atoms with Gasteiger partial charge in [0.1, 0.15) is 11.1 Å². The van der Waals surface area contributed by atoms with E-state index in [-0.39, 0.29) is 30.8 Å². The molecule has 1 unspecified atom stereocenters. The Morgan fingerprint density at radius 3 is 2.75 bits per heavy atom. The number of amidine groups is 1. The van der Waals surface area contributed by atoms with E-state index in [2.05, 4.69) is 10.3 Å². The van der Waals surface area contributed by atoms with Crippen molar-refractivity contribution in [1.82, 2.24) is 4.90 Å². The lowest BCUT2D eigenvalue weighted by atomic mass is 10.2. The maximum absolute atomic E-state index is 13.0. The first-order valence-electron chi connectivity index (χ1n) is 8.47. The second-order valence-electron chi connectivity index (χ2n) is 6.19. The molecule has 2 aromatic rings. The third kappa shape index (κ3) is 3.79. The predicted octanol–water partition coefficient (Wildman–Crippen LogP) is 3.14. The number of carbonyl (C=O) groups is 2. The van der Waals surface area contributed by atoms with Crippen molar-refractivity contribution in [3.05, 3.63) is 48.3 Å². The van der Waals surface area contributed by atoms with E-state index in [4.69, 9.17) is 9.47 Å². The maximum Gasteiger partial charge on any atom is 0.238 e. The molecule has 2 aromatic carbocycles. The van der Waals surface area contributed by atoms with Crippen molar-refractivity contribution >= 4 is 40.1 Å². The summed E-state index contributed by atoms with van der Waals surface area (Å²) < 4.78 is 23.6. The minimum Gasteiger partial charge on any atom is -0.454 e. The van der Waals surface area contributed by atoms with Crippen LogP contribution >= 0.6 is 11.8 Å². The van der Waals surface area contributed by atoms with Crippen LogP contribution in [0.1, 0.15) is 6.42 Å². The fraction of sp³-hybridized carbons (Fsp3) is 0.211. The van der Waals surface area contributed by atoms with Crippen molar-refractivity contribution in [3.63, 3.8) is 0 Å². The Kier molecular flexibility index (Phi) is 4.91. The molecule has 2 aliphatic rings. The number of hydrogen-bond acceptors (Lipinski definition) is 6. The second-order valence-corrected chi connectivity index (χ2v) is 7.36. The highest BCUT2D eigenvalue weighted by Gasteiger charge is 2.34. The van der Waals surface area contributed by atoms with Crippen LogP contribution in [0.25, 0.3) is 0 Å². The molecule has 1 fully saturated rings. The van der Waals surface area contributed by atoms with Gasteiger partial charge in [-0.05, 0) is 36.4 Å². The Bertz CT molecular complexity index is 964. The fourth-order valence-corrected chi connectivity index (χ4v) is 3.78. The number of halogens is 1. The molecule has 0 saturated carbocycles. The van der Waals surface area contributed by atoms with Gasteiger partial charge in [0.2, 0.25) is 18.6 Å². The van der Waals surface area contributed by atoms with Crippen LogP contribution in [0.5, 0.6) is 11.5 Å². The first-order chi connectivity index (χ1) is 13.5. The zero-order valence-corrected chi connectivity index (χ0v) is 15.7. The molecule has 1 atom stereocenters. The molecule has 1 N–H and O–H groups in total. The molecule has 0 bridgehead atoms. The second kappa shape index (κ2) is 7.51. The highest BCUT2D eigenvalue weighted by molar-refractivity contribution is 8.15. The van der Waals surface area contributed by atoms with Crippen molar-refractivity contribution < 1.29 is 23.5 Å². The molecule has 9 heteroatoms. The number of fused-ring (bicyclic) bond motifs is 1. The zero-order chi connectivity index (χ0) is 19.7. The highest BCUT2D eigenvalue weighted by atomic mass is 32.2. The number of thioether (sulfide) groups is 1. The number of nitrogens with one attached hydrogen (secondary N) is 1. The molecule has 144 valence electrons. The standard InChI is InChI=1S/C19H16FN3O4S/c1-23-17(24)9-16(18(25)21-12-4-2-11(20)3-5-12)28-19(23)22-13-6-7-14-15(8-13)27-10-26-14/h2-8,16H,9-10H2,1H3,(H,21,25). The first-order valence-corrected chi connectivity index (χ1v) is 9.35. The minimum atomic E-state index is -0.637. The molecule has 0 aliphatic carbocycles. The molecule has 2 aliphatic heterocycles. The van der Waals surface area contributed by atoms with Gasteiger partial charge in [-0.15, -0.1) is 0 Å². The number of ether oxygens (including phenoxy) is 2. The van der Waals surface area contributed by atoms with Crippen molar-refractivity contribution in [2.75, 3.05) is 19.2 Å². The smallest absolute Gasteiger partial charge is 0.238 e. The lowest BCUT2D eigenvalue weighted by molar-refractivity contribution is -0.128. The van der Waals surface area contributed by atoms with Crippen LogP contribution in [-0.4, -0.2) is 41.0 Å². The number of rotatable bonds is 3. The van der Waals surface area contributed by atoms with Gasteiger partial charge in [-0.25, -0.2) is 9.38 Å². The topological polar surface area (TPSA) is 80.2 Å². The number of hydrogen-bond donors (Lipinski definition) is 1. The van der Waals surface area contributed by atoms with Gasteiger partial charge in [0.25, 0.3) is 0 Å². The Morgan fingerprint density at radius 1 is 1.21 bits per heavy atom.